The predicted molar refractivity (Wildman–Crippen MR) is 79.9 cm³/mol. The molecule has 20 heavy (non-hydrogen) atoms. The van der Waals surface area contributed by atoms with Gasteiger partial charge in [0.15, 0.2) is 5.82 Å². The van der Waals surface area contributed by atoms with E-state index in [-0.39, 0.29) is 6.10 Å². The lowest BCUT2D eigenvalue weighted by atomic mass is 10.2. The number of hydrogen-bond donors (Lipinski definition) is 1. The van der Waals surface area contributed by atoms with E-state index in [1.165, 1.54) is 30.5 Å². The van der Waals surface area contributed by atoms with Crippen LogP contribution in [-0.2, 0) is 17.6 Å². The zero-order valence-corrected chi connectivity index (χ0v) is 12.6. The minimum atomic E-state index is 0.105. The fourth-order valence-corrected chi connectivity index (χ4v) is 2.97. The lowest BCUT2D eigenvalue weighted by Gasteiger charge is -2.18. The number of hydrogen-bond acceptors (Lipinski definition) is 4. The maximum Gasteiger partial charge on any atom is 0.160 e. The summed E-state index contributed by atoms with van der Waals surface area (Å²) in [6.07, 6.45) is 7.14. The summed E-state index contributed by atoms with van der Waals surface area (Å²) in [6, 6.07) is 0. The summed E-state index contributed by atoms with van der Waals surface area (Å²) < 4.78 is 5.92. The first kappa shape index (κ1) is 13.8. The van der Waals surface area contributed by atoms with Gasteiger partial charge in [0.1, 0.15) is 11.9 Å². The van der Waals surface area contributed by atoms with Crippen LogP contribution in [0.5, 0.6) is 0 Å². The van der Waals surface area contributed by atoms with Gasteiger partial charge in [-0.15, -0.1) is 0 Å². The van der Waals surface area contributed by atoms with Gasteiger partial charge < -0.3 is 10.1 Å². The Kier molecular flexibility index (Phi) is 4.20. The lowest BCUT2D eigenvalue weighted by Crippen LogP contribution is -2.15. The van der Waals surface area contributed by atoms with E-state index < -0.39 is 0 Å². The summed E-state index contributed by atoms with van der Waals surface area (Å²) in [6.45, 7) is 5.95. The van der Waals surface area contributed by atoms with Gasteiger partial charge in [-0.05, 0) is 51.4 Å². The van der Waals surface area contributed by atoms with Crippen molar-refractivity contribution in [2.24, 2.45) is 5.92 Å². The molecule has 2 aliphatic rings. The molecule has 0 radical (unpaired) electrons. The number of nitrogens with zero attached hydrogens (tertiary/aromatic N) is 2. The van der Waals surface area contributed by atoms with Crippen LogP contribution >= 0.6 is 0 Å². The average Bonchev–Trinajstić information content (AvgIpc) is 3.18. The molecule has 1 unspecified atom stereocenters. The lowest BCUT2D eigenvalue weighted by molar-refractivity contribution is 0.0400. The number of ether oxygens (including phenoxy) is 1. The molecule has 1 N–H and O–H groups in total. The van der Waals surface area contributed by atoms with Crippen molar-refractivity contribution in [1.29, 1.82) is 0 Å². The molecule has 0 bridgehead atoms. The van der Waals surface area contributed by atoms with Gasteiger partial charge in [0.25, 0.3) is 0 Å². The molecule has 1 heterocycles. The third-order valence-electron chi connectivity index (χ3n) is 4.14. The second kappa shape index (κ2) is 6.08. The molecule has 110 valence electrons. The Morgan fingerprint density at radius 3 is 2.80 bits per heavy atom. The third-order valence-corrected chi connectivity index (χ3v) is 4.14. The Labute approximate surface area is 121 Å². The Morgan fingerprint density at radius 2 is 2.10 bits per heavy atom. The summed E-state index contributed by atoms with van der Waals surface area (Å²) in [7, 11) is 0. The molecular weight excluding hydrogens is 250 g/mol. The number of nitrogens with one attached hydrogen (secondary N) is 1. The largest absolute Gasteiger partial charge is 0.370 e. The Morgan fingerprint density at radius 1 is 1.25 bits per heavy atom. The van der Waals surface area contributed by atoms with Gasteiger partial charge in [-0.2, -0.15) is 0 Å². The quantitative estimate of drug-likeness (QED) is 0.829. The molecule has 0 amide bonds. The fraction of sp³-hybridized carbons (Fsp3) is 0.750. The molecule has 1 aromatic heterocycles. The van der Waals surface area contributed by atoms with Crippen molar-refractivity contribution >= 4 is 5.82 Å². The van der Waals surface area contributed by atoms with Gasteiger partial charge in [0.2, 0.25) is 0 Å². The predicted octanol–water partition coefficient (Wildman–Crippen LogP) is 3.27. The van der Waals surface area contributed by atoms with Crippen molar-refractivity contribution in [3.05, 3.63) is 17.1 Å². The highest BCUT2D eigenvalue weighted by Gasteiger charge is 2.36. The second-order valence-corrected chi connectivity index (χ2v) is 5.85. The highest BCUT2D eigenvalue weighted by Crippen LogP contribution is 2.43. The summed E-state index contributed by atoms with van der Waals surface area (Å²) in [5.74, 6) is 2.61. The number of aromatic nitrogens is 2. The van der Waals surface area contributed by atoms with Gasteiger partial charge in [-0.1, -0.05) is 6.92 Å². The van der Waals surface area contributed by atoms with E-state index in [4.69, 9.17) is 14.7 Å². The van der Waals surface area contributed by atoms with Crippen molar-refractivity contribution in [2.45, 2.75) is 58.5 Å². The van der Waals surface area contributed by atoms with E-state index in [0.29, 0.717) is 5.92 Å². The van der Waals surface area contributed by atoms with Crippen molar-refractivity contribution in [1.82, 2.24) is 9.97 Å². The van der Waals surface area contributed by atoms with Gasteiger partial charge >= 0.3 is 0 Å². The van der Waals surface area contributed by atoms with Gasteiger partial charge in [0, 0.05) is 24.4 Å². The first-order chi connectivity index (χ1) is 9.83. The van der Waals surface area contributed by atoms with Gasteiger partial charge in [-0.3, -0.25) is 0 Å². The van der Waals surface area contributed by atoms with Crippen molar-refractivity contribution < 1.29 is 4.74 Å². The highest BCUT2D eigenvalue weighted by molar-refractivity contribution is 5.49. The topological polar surface area (TPSA) is 47.0 Å². The van der Waals surface area contributed by atoms with Crippen molar-refractivity contribution in [2.75, 3.05) is 18.5 Å². The molecule has 1 aromatic rings. The van der Waals surface area contributed by atoms with E-state index in [1.54, 1.807) is 0 Å². The molecule has 3 rings (SSSR count). The first-order valence-corrected chi connectivity index (χ1v) is 8.08. The van der Waals surface area contributed by atoms with Crippen LogP contribution in [0, 0.1) is 5.92 Å². The molecule has 1 saturated carbocycles. The normalized spacial score (nSPS) is 18.9. The van der Waals surface area contributed by atoms with E-state index in [9.17, 15) is 0 Å². The van der Waals surface area contributed by atoms with Gasteiger partial charge in [-0.25, -0.2) is 9.97 Å². The highest BCUT2D eigenvalue weighted by atomic mass is 16.5. The number of fused-ring (bicyclic) bond motifs is 1. The third kappa shape index (κ3) is 2.80. The second-order valence-electron chi connectivity index (χ2n) is 5.85. The molecule has 2 aliphatic carbocycles. The van der Waals surface area contributed by atoms with Crippen LogP contribution in [0.2, 0.25) is 0 Å². The van der Waals surface area contributed by atoms with Gasteiger partial charge in [0.05, 0.1) is 0 Å². The van der Waals surface area contributed by atoms with Crippen LogP contribution in [-0.4, -0.2) is 23.1 Å². The maximum atomic E-state index is 5.92. The van der Waals surface area contributed by atoms with Crippen LogP contribution in [0.15, 0.2) is 0 Å². The van der Waals surface area contributed by atoms with Crippen LogP contribution in [0.1, 0.15) is 62.7 Å². The van der Waals surface area contributed by atoms with Crippen LogP contribution in [0.3, 0.4) is 0 Å². The summed E-state index contributed by atoms with van der Waals surface area (Å²) in [5.41, 5.74) is 2.59. The molecule has 1 atom stereocenters. The zero-order chi connectivity index (χ0) is 13.9. The Bertz CT molecular complexity index is 471. The molecule has 4 nitrogen and oxygen atoms in total. The minimum absolute atomic E-state index is 0.105. The Balaban J connectivity index is 1.90. The van der Waals surface area contributed by atoms with E-state index in [1.807, 2.05) is 0 Å². The van der Waals surface area contributed by atoms with E-state index in [2.05, 4.69) is 19.2 Å². The SMILES string of the molecule is CCCNc1nc(C(OCC)C2CC2)nc2c1CCC2. The zero-order valence-electron chi connectivity index (χ0n) is 12.6. The first-order valence-electron chi connectivity index (χ1n) is 8.08. The van der Waals surface area contributed by atoms with Crippen LogP contribution < -0.4 is 5.32 Å². The standard InChI is InChI=1S/C16H25N3O/c1-3-10-17-15-12-6-5-7-13(12)18-16(19-15)14(20-4-2)11-8-9-11/h11,14H,3-10H2,1-2H3,(H,17,18,19). The number of rotatable bonds is 7. The molecule has 4 heteroatoms. The average molecular weight is 275 g/mol. The Hall–Kier alpha value is -1.16. The maximum absolute atomic E-state index is 5.92. The number of aryl methyl sites for hydroxylation is 1. The molecule has 1 fully saturated rings. The fourth-order valence-electron chi connectivity index (χ4n) is 2.97. The number of anilines is 1. The minimum Gasteiger partial charge on any atom is -0.370 e. The summed E-state index contributed by atoms with van der Waals surface area (Å²) in [5, 5.41) is 3.48. The molecule has 0 spiro atoms. The monoisotopic (exact) mass is 275 g/mol. The molecule has 0 aliphatic heterocycles. The van der Waals surface area contributed by atoms with E-state index >= 15 is 0 Å². The van der Waals surface area contributed by atoms with Crippen LogP contribution in [0.25, 0.3) is 0 Å². The molecule has 0 aromatic carbocycles. The van der Waals surface area contributed by atoms with Crippen molar-refractivity contribution in [3.8, 4) is 0 Å². The molecular formula is C16H25N3O. The van der Waals surface area contributed by atoms with Crippen LogP contribution in [0.4, 0.5) is 5.82 Å². The molecule has 0 saturated heterocycles. The van der Waals surface area contributed by atoms with E-state index in [0.717, 1.165) is 44.1 Å². The smallest absolute Gasteiger partial charge is 0.160 e. The summed E-state index contributed by atoms with van der Waals surface area (Å²) >= 11 is 0. The summed E-state index contributed by atoms with van der Waals surface area (Å²) in [4.78, 5) is 9.64. The van der Waals surface area contributed by atoms with Crippen molar-refractivity contribution in [3.63, 3.8) is 0 Å².